The summed E-state index contributed by atoms with van der Waals surface area (Å²) in [4.78, 5) is 16.0. The van der Waals surface area contributed by atoms with Gasteiger partial charge in [-0.2, -0.15) is 0 Å². The number of hydrogen-bond acceptors (Lipinski definition) is 2. The molecular formula is C13H16F2N2O. The lowest BCUT2D eigenvalue weighted by Gasteiger charge is -2.32. The van der Waals surface area contributed by atoms with Gasteiger partial charge in [-0.15, -0.1) is 0 Å². The van der Waals surface area contributed by atoms with Crippen molar-refractivity contribution in [2.45, 2.75) is 6.92 Å². The fourth-order valence-electron chi connectivity index (χ4n) is 2.06. The second-order valence-corrected chi connectivity index (χ2v) is 4.63. The number of carbonyl (C=O) groups excluding carboxylic acids is 1. The summed E-state index contributed by atoms with van der Waals surface area (Å²) in [5, 5.41) is 0. The van der Waals surface area contributed by atoms with Crippen molar-refractivity contribution < 1.29 is 13.6 Å². The molecule has 1 aliphatic rings. The first-order valence-corrected chi connectivity index (χ1v) is 5.93. The van der Waals surface area contributed by atoms with Crippen molar-refractivity contribution in [1.82, 2.24) is 9.80 Å². The van der Waals surface area contributed by atoms with Gasteiger partial charge in [-0.3, -0.25) is 4.79 Å². The first-order chi connectivity index (χ1) is 8.50. The Labute approximate surface area is 105 Å². The van der Waals surface area contributed by atoms with Crippen molar-refractivity contribution in [3.63, 3.8) is 0 Å². The third-order valence-corrected chi connectivity index (χ3v) is 3.36. The van der Waals surface area contributed by atoms with Gasteiger partial charge in [0.05, 0.1) is 0 Å². The third-order valence-electron chi connectivity index (χ3n) is 3.36. The van der Waals surface area contributed by atoms with Crippen LogP contribution in [0.5, 0.6) is 0 Å². The highest BCUT2D eigenvalue weighted by Gasteiger charge is 2.23. The van der Waals surface area contributed by atoms with Crippen molar-refractivity contribution in [2.75, 3.05) is 33.2 Å². The van der Waals surface area contributed by atoms with E-state index in [4.69, 9.17) is 0 Å². The molecule has 2 rings (SSSR count). The van der Waals surface area contributed by atoms with Crippen molar-refractivity contribution in [3.8, 4) is 0 Å². The number of piperazine rings is 1. The summed E-state index contributed by atoms with van der Waals surface area (Å²) in [6, 6.07) is 2.36. The zero-order chi connectivity index (χ0) is 13.3. The lowest BCUT2D eigenvalue weighted by atomic mass is 10.1. The highest BCUT2D eigenvalue weighted by Crippen LogP contribution is 2.18. The van der Waals surface area contributed by atoms with Crippen LogP contribution in [0.15, 0.2) is 12.1 Å². The van der Waals surface area contributed by atoms with Gasteiger partial charge in [0.15, 0.2) is 11.6 Å². The van der Waals surface area contributed by atoms with Gasteiger partial charge < -0.3 is 9.80 Å². The van der Waals surface area contributed by atoms with Crippen LogP contribution in [0.25, 0.3) is 0 Å². The molecule has 3 nitrogen and oxygen atoms in total. The molecule has 0 N–H and O–H groups in total. The van der Waals surface area contributed by atoms with Crippen molar-refractivity contribution in [1.29, 1.82) is 0 Å². The molecule has 0 saturated carbocycles. The average molecular weight is 254 g/mol. The smallest absolute Gasteiger partial charge is 0.254 e. The molecule has 0 spiro atoms. The van der Waals surface area contributed by atoms with Gasteiger partial charge in [0, 0.05) is 37.3 Å². The predicted octanol–water partition coefficient (Wildman–Crippen LogP) is 1.66. The summed E-state index contributed by atoms with van der Waals surface area (Å²) in [7, 11) is 1.99. The molecule has 1 amide bonds. The van der Waals surface area contributed by atoms with Gasteiger partial charge in [0.25, 0.3) is 5.91 Å². The minimum absolute atomic E-state index is 0.0823. The van der Waals surface area contributed by atoms with Gasteiger partial charge in [-0.25, -0.2) is 8.78 Å². The molecular weight excluding hydrogens is 238 g/mol. The van der Waals surface area contributed by atoms with Gasteiger partial charge in [-0.1, -0.05) is 0 Å². The minimum Gasteiger partial charge on any atom is -0.336 e. The number of hydrogen-bond donors (Lipinski definition) is 0. The third kappa shape index (κ3) is 2.36. The van der Waals surface area contributed by atoms with E-state index in [1.807, 2.05) is 7.05 Å². The van der Waals surface area contributed by atoms with E-state index in [2.05, 4.69) is 4.90 Å². The minimum atomic E-state index is -0.935. The normalized spacial score (nSPS) is 17.0. The molecule has 1 heterocycles. The first-order valence-electron chi connectivity index (χ1n) is 5.93. The van der Waals surface area contributed by atoms with E-state index in [0.29, 0.717) is 13.1 Å². The van der Waals surface area contributed by atoms with Gasteiger partial charge in [0.1, 0.15) is 0 Å². The van der Waals surface area contributed by atoms with Gasteiger partial charge in [0.2, 0.25) is 0 Å². The van der Waals surface area contributed by atoms with E-state index in [-0.39, 0.29) is 17.0 Å². The van der Waals surface area contributed by atoms with Crippen LogP contribution < -0.4 is 0 Å². The Bertz CT molecular complexity index is 468. The van der Waals surface area contributed by atoms with Crippen molar-refractivity contribution >= 4 is 5.91 Å². The second kappa shape index (κ2) is 5.02. The van der Waals surface area contributed by atoms with Crippen LogP contribution >= 0.6 is 0 Å². The lowest BCUT2D eigenvalue weighted by Crippen LogP contribution is -2.47. The summed E-state index contributed by atoms with van der Waals surface area (Å²) in [6.07, 6.45) is 0. The number of rotatable bonds is 1. The zero-order valence-electron chi connectivity index (χ0n) is 10.5. The molecule has 0 atom stereocenters. The first kappa shape index (κ1) is 13.0. The van der Waals surface area contributed by atoms with E-state index < -0.39 is 11.6 Å². The molecule has 5 heteroatoms. The molecule has 1 aromatic carbocycles. The van der Waals surface area contributed by atoms with Crippen LogP contribution in [-0.4, -0.2) is 48.9 Å². The molecule has 1 aliphatic heterocycles. The van der Waals surface area contributed by atoms with Crippen LogP contribution in [0.1, 0.15) is 15.9 Å². The number of amides is 1. The summed E-state index contributed by atoms with van der Waals surface area (Å²) >= 11 is 0. The van der Waals surface area contributed by atoms with Gasteiger partial charge in [-0.05, 0) is 26.1 Å². The predicted molar refractivity (Wildman–Crippen MR) is 64.5 cm³/mol. The second-order valence-electron chi connectivity index (χ2n) is 4.63. The molecule has 0 unspecified atom stereocenters. The van der Waals surface area contributed by atoms with Crippen LogP contribution in [0, 0.1) is 18.6 Å². The van der Waals surface area contributed by atoms with E-state index in [1.54, 1.807) is 4.90 Å². The van der Waals surface area contributed by atoms with Crippen LogP contribution in [-0.2, 0) is 0 Å². The highest BCUT2D eigenvalue weighted by molar-refractivity contribution is 5.95. The van der Waals surface area contributed by atoms with Crippen molar-refractivity contribution in [3.05, 3.63) is 34.9 Å². The van der Waals surface area contributed by atoms with Crippen LogP contribution in [0.2, 0.25) is 0 Å². The Morgan fingerprint density at radius 2 is 1.78 bits per heavy atom. The lowest BCUT2D eigenvalue weighted by molar-refractivity contribution is 0.0662. The van der Waals surface area contributed by atoms with E-state index in [1.165, 1.54) is 13.0 Å². The Hall–Kier alpha value is -1.49. The quantitative estimate of drug-likeness (QED) is 0.761. The largest absolute Gasteiger partial charge is 0.336 e. The average Bonchev–Trinajstić information content (AvgIpc) is 2.36. The maximum Gasteiger partial charge on any atom is 0.254 e. The number of halogens is 2. The Morgan fingerprint density at radius 3 is 2.39 bits per heavy atom. The number of carbonyl (C=O) groups is 1. The van der Waals surface area contributed by atoms with Gasteiger partial charge >= 0.3 is 0 Å². The van der Waals surface area contributed by atoms with Crippen molar-refractivity contribution in [2.24, 2.45) is 0 Å². The SMILES string of the molecule is Cc1c(C(=O)N2CCN(C)CC2)ccc(F)c1F. The summed E-state index contributed by atoms with van der Waals surface area (Å²) in [5.41, 5.74) is 0.331. The van der Waals surface area contributed by atoms with E-state index >= 15 is 0 Å². The summed E-state index contributed by atoms with van der Waals surface area (Å²) in [5.74, 6) is -2.07. The molecule has 18 heavy (non-hydrogen) atoms. The van der Waals surface area contributed by atoms with Crippen LogP contribution in [0.4, 0.5) is 8.78 Å². The molecule has 1 saturated heterocycles. The molecule has 0 aromatic heterocycles. The maximum atomic E-state index is 13.4. The van der Waals surface area contributed by atoms with E-state index in [0.717, 1.165) is 19.2 Å². The fourth-order valence-corrected chi connectivity index (χ4v) is 2.06. The molecule has 0 bridgehead atoms. The zero-order valence-corrected chi connectivity index (χ0v) is 10.5. The van der Waals surface area contributed by atoms with E-state index in [9.17, 15) is 13.6 Å². The molecule has 0 radical (unpaired) electrons. The maximum absolute atomic E-state index is 13.4. The fraction of sp³-hybridized carbons (Fsp3) is 0.462. The number of nitrogens with zero attached hydrogens (tertiary/aromatic N) is 2. The molecule has 98 valence electrons. The molecule has 0 aliphatic carbocycles. The number of likely N-dealkylation sites (N-methyl/N-ethyl adjacent to an activating group) is 1. The Balaban J connectivity index is 2.21. The summed E-state index contributed by atoms with van der Waals surface area (Å²) < 4.78 is 26.4. The number of benzene rings is 1. The monoisotopic (exact) mass is 254 g/mol. The highest BCUT2D eigenvalue weighted by atomic mass is 19.2. The summed E-state index contributed by atoms with van der Waals surface area (Å²) in [6.45, 7) is 4.27. The topological polar surface area (TPSA) is 23.6 Å². The Morgan fingerprint density at radius 1 is 1.17 bits per heavy atom. The standard InChI is InChI=1S/C13H16F2N2O/c1-9-10(3-4-11(14)12(9)15)13(18)17-7-5-16(2)6-8-17/h3-4H,5-8H2,1-2H3. The molecule has 1 fully saturated rings. The van der Waals surface area contributed by atoms with Crippen LogP contribution in [0.3, 0.4) is 0 Å². The molecule has 1 aromatic rings. The Kier molecular flexibility index (Phi) is 3.61.